The molecule has 0 spiro atoms. The summed E-state index contributed by atoms with van der Waals surface area (Å²) in [5.74, 6) is 0.0641. The van der Waals surface area contributed by atoms with E-state index in [0.29, 0.717) is 11.1 Å². The Hall–Kier alpha value is -2.85. The summed E-state index contributed by atoms with van der Waals surface area (Å²) < 4.78 is 1.76. The largest absolute Gasteiger partial charge is 0.345 e. The average molecular weight is 338 g/mol. The number of aldehydes is 1. The first kappa shape index (κ1) is 16.0. The van der Waals surface area contributed by atoms with E-state index in [2.05, 4.69) is 24.3 Å². The molecule has 0 aliphatic carbocycles. The van der Waals surface area contributed by atoms with Gasteiger partial charge in [0.05, 0.1) is 0 Å². The number of Topliss-reactive ketones (excluding diaryl/α,β-unsaturated/α-hetero) is 1. The minimum Gasteiger partial charge on any atom is -0.345 e. The smallest absolute Gasteiger partial charge is 0.162 e. The van der Waals surface area contributed by atoms with Gasteiger partial charge in [0.15, 0.2) is 12.1 Å². The van der Waals surface area contributed by atoms with Crippen LogP contribution in [-0.2, 0) is 0 Å². The minimum atomic E-state index is 0.0641. The first-order chi connectivity index (χ1) is 11.6. The number of ketones is 1. The van der Waals surface area contributed by atoms with Gasteiger partial charge in [-0.25, -0.2) is 9.97 Å². The highest BCUT2D eigenvalue weighted by atomic mass is 31.0. The van der Waals surface area contributed by atoms with Gasteiger partial charge in [-0.1, -0.05) is 0 Å². The third-order valence-corrected chi connectivity index (χ3v) is 3.97. The van der Waals surface area contributed by atoms with Crippen molar-refractivity contribution >= 4 is 43.5 Å². The molecule has 1 atom stereocenters. The van der Waals surface area contributed by atoms with Crippen molar-refractivity contribution in [2.75, 3.05) is 0 Å². The fraction of sp³-hybridized carbons (Fsp3) is 0.0588. The van der Waals surface area contributed by atoms with Crippen molar-refractivity contribution in [2.45, 2.75) is 6.92 Å². The molecule has 4 heterocycles. The number of carbonyl (C=O) groups excluding carboxylic acids is 2. The highest BCUT2D eigenvalue weighted by molar-refractivity contribution is 7.14. The highest BCUT2D eigenvalue weighted by Gasteiger charge is 2.06. The van der Waals surface area contributed by atoms with Crippen LogP contribution in [-0.4, -0.2) is 31.4 Å². The molecule has 0 aliphatic rings. The first-order valence-electron chi connectivity index (χ1n) is 7.21. The van der Waals surface area contributed by atoms with Gasteiger partial charge in [-0.05, 0) is 40.6 Å². The van der Waals surface area contributed by atoms with E-state index < -0.39 is 0 Å². The monoisotopic (exact) mass is 338 g/mol. The van der Waals surface area contributed by atoms with Crippen molar-refractivity contribution in [3.63, 3.8) is 0 Å². The molecule has 1 unspecified atom stereocenters. The molecule has 0 radical (unpaired) electrons. The third-order valence-electron chi connectivity index (χ3n) is 3.58. The van der Waals surface area contributed by atoms with E-state index in [1.54, 1.807) is 36.0 Å². The molecule has 0 bridgehead atoms. The van der Waals surface area contributed by atoms with E-state index in [4.69, 9.17) is 0 Å². The lowest BCUT2D eigenvalue weighted by molar-refractivity contribution is 0.101. The summed E-state index contributed by atoms with van der Waals surface area (Å²) in [4.78, 5) is 32.8. The van der Waals surface area contributed by atoms with Crippen LogP contribution in [0, 0.1) is 0 Å². The van der Waals surface area contributed by atoms with Crippen LogP contribution in [0.5, 0.6) is 0 Å². The molecular formula is C17H15N4O2P. The number of aromatic nitrogens is 4. The van der Waals surface area contributed by atoms with Gasteiger partial charge in [0.25, 0.3) is 0 Å². The summed E-state index contributed by atoms with van der Waals surface area (Å²) in [6.07, 6.45) is 7.68. The van der Waals surface area contributed by atoms with E-state index in [9.17, 15) is 9.59 Å². The van der Waals surface area contributed by atoms with Crippen molar-refractivity contribution in [1.29, 1.82) is 0 Å². The number of aromatic amines is 1. The molecule has 0 saturated heterocycles. The van der Waals surface area contributed by atoms with Gasteiger partial charge >= 0.3 is 0 Å². The molecule has 4 aromatic rings. The van der Waals surface area contributed by atoms with Gasteiger partial charge in [0.1, 0.15) is 11.3 Å². The van der Waals surface area contributed by atoms with E-state index >= 15 is 0 Å². The number of hydrogen-bond donors (Lipinski definition) is 1. The second kappa shape index (κ2) is 6.72. The maximum Gasteiger partial charge on any atom is 0.162 e. The van der Waals surface area contributed by atoms with Gasteiger partial charge in [-0.3, -0.25) is 9.59 Å². The Morgan fingerprint density at radius 2 is 1.92 bits per heavy atom. The lowest BCUT2D eigenvalue weighted by Crippen LogP contribution is -1.88. The fourth-order valence-corrected chi connectivity index (χ4v) is 2.82. The molecular weight excluding hydrogens is 323 g/mol. The number of pyridine rings is 2. The average Bonchev–Trinajstić information content (AvgIpc) is 3.17. The topological polar surface area (TPSA) is 80.6 Å². The quantitative estimate of drug-likeness (QED) is 0.346. The summed E-state index contributed by atoms with van der Waals surface area (Å²) in [6.45, 7) is 1.55. The summed E-state index contributed by atoms with van der Waals surface area (Å²) in [5.41, 5.74) is 2.96. The highest BCUT2D eigenvalue weighted by Crippen LogP contribution is 2.19. The van der Waals surface area contributed by atoms with Crippen LogP contribution in [0.4, 0.5) is 0 Å². The fourth-order valence-electron chi connectivity index (χ4n) is 2.45. The second-order valence-corrected chi connectivity index (χ2v) is 5.70. The zero-order valence-electron chi connectivity index (χ0n) is 12.9. The molecule has 0 saturated carbocycles. The van der Waals surface area contributed by atoms with Crippen LogP contribution in [0.25, 0.3) is 22.1 Å². The molecule has 24 heavy (non-hydrogen) atoms. The number of rotatable bonds is 2. The Kier molecular flexibility index (Phi) is 4.49. The second-order valence-electron chi connectivity index (χ2n) is 5.14. The molecule has 4 rings (SSSR count). The number of hydrogen-bond acceptors (Lipinski definition) is 4. The van der Waals surface area contributed by atoms with Crippen molar-refractivity contribution < 1.29 is 9.59 Å². The molecule has 0 aromatic carbocycles. The van der Waals surface area contributed by atoms with E-state index in [-0.39, 0.29) is 5.78 Å². The Labute approximate surface area is 140 Å². The number of fused-ring (bicyclic) bond motifs is 2. The van der Waals surface area contributed by atoms with Crippen LogP contribution in [0.1, 0.15) is 27.6 Å². The predicted molar refractivity (Wildman–Crippen MR) is 96.3 cm³/mol. The Morgan fingerprint density at radius 3 is 2.62 bits per heavy atom. The molecule has 4 aromatic heterocycles. The lowest BCUT2D eigenvalue weighted by Gasteiger charge is -1.91. The molecule has 1 N–H and O–H groups in total. The van der Waals surface area contributed by atoms with Gasteiger partial charge in [0.2, 0.25) is 0 Å². The molecule has 120 valence electrons. The summed E-state index contributed by atoms with van der Waals surface area (Å²) in [5, 5.41) is 1.78. The summed E-state index contributed by atoms with van der Waals surface area (Å²) in [6, 6.07) is 7.41. The molecule has 6 nitrogen and oxygen atoms in total. The van der Waals surface area contributed by atoms with Gasteiger partial charge in [0, 0.05) is 46.7 Å². The SMILES string of the molecule is CC(=O)c1c[nH]c2ncccc12.O=Cc1cn(P)c2ncccc12. The Balaban J connectivity index is 0.000000141. The molecule has 0 fully saturated rings. The predicted octanol–water partition coefficient (Wildman–Crippen LogP) is 3.25. The number of carbonyl (C=O) groups is 2. The molecule has 0 amide bonds. The van der Waals surface area contributed by atoms with E-state index in [1.165, 1.54) is 0 Å². The maximum absolute atomic E-state index is 11.1. The van der Waals surface area contributed by atoms with Gasteiger partial charge < -0.3 is 9.32 Å². The van der Waals surface area contributed by atoms with Crippen molar-refractivity contribution in [3.8, 4) is 0 Å². The number of H-pyrrole nitrogens is 1. The zero-order valence-corrected chi connectivity index (χ0v) is 14.1. The van der Waals surface area contributed by atoms with Crippen LogP contribution in [0.15, 0.2) is 49.1 Å². The van der Waals surface area contributed by atoms with Gasteiger partial charge in [-0.15, -0.1) is 0 Å². The minimum absolute atomic E-state index is 0.0641. The maximum atomic E-state index is 11.1. The Bertz CT molecular complexity index is 1040. The van der Waals surface area contributed by atoms with Crippen LogP contribution in [0.3, 0.4) is 0 Å². The standard InChI is InChI=1S/C9H8N2O.C8H7N2OP/c1-6(12)8-5-11-9-7(8)3-2-4-10-9;11-5-6-4-10(12)8-7(6)2-1-3-9-8/h2-5H,1H3,(H,10,11);1-5H,12H2. The van der Waals surface area contributed by atoms with Crippen molar-refractivity contribution in [3.05, 3.63) is 60.2 Å². The van der Waals surface area contributed by atoms with E-state index in [0.717, 1.165) is 28.4 Å². The van der Waals surface area contributed by atoms with Gasteiger partial charge in [-0.2, -0.15) is 0 Å². The lowest BCUT2D eigenvalue weighted by atomic mass is 10.2. The van der Waals surface area contributed by atoms with Crippen LogP contribution in [0.2, 0.25) is 0 Å². The summed E-state index contributed by atoms with van der Waals surface area (Å²) in [7, 11) is 2.49. The normalized spacial score (nSPS) is 10.4. The summed E-state index contributed by atoms with van der Waals surface area (Å²) >= 11 is 0. The van der Waals surface area contributed by atoms with E-state index in [1.807, 2.05) is 24.3 Å². The Morgan fingerprint density at radius 1 is 1.21 bits per heavy atom. The van der Waals surface area contributed by atoms with Crippen molar-refractivity contribution in [1.82, 2.24) is 19.3 Å². The van der Waals surface area contributed by atoms with Crippen LogP contribution < -0.4 is 0 Å². The number of nitrogens with one attached hydrogen (secondary N) is 1. The molecule has 7 heteroatoms. The third kappa shape index (κ3) is 2.96. The molecule has 0 aliphatic heterocycles. The van der Waals surface area contributed by atoms with Crippen molar-refractivity contribution in [2.24, 2.45) is 0 Å². The van der Waals surface area contributed by atoms with Crippen LogP contribution >= 0.6 is 9.39 Å². The zero-order chi connectivity index (χ0) is 17.1. The number of nitrogens with zero attached hydrogens (tertiary/aromatic N) is 3. The first-order valence-corrected chi connectivity index (χ1v) is 7.73.